The zero-order chi connectivity index (χ0) is 13.3. The first-order valence-corrected chi connectivity index (χ1v) is 6.64. The number of hydrogen-bond donors (Lipinski definition) is 1. The van der Waals surface area contributed by atoms with Crippen molar-refractivity contribution in [1.29, 1.82) is 0 Å². The predicted octanol–water partition coefficient (Wildman–Crippen LogP) is 1.01. The number of hydrogen-bond acceptors (Lipinski definition) is 3. The molecule has 2 fully saturated rings. The van der Waals surface area contributed by atoms with Gasteiger partial charge in [0.05, 0.1) is 18.8 Å². The van der Waals surface area contributed by atoms with Gasteiger partial charge in [0.2, 0.25) is 5.91 Å². The van der Waals surface area contributed by atoms with E-state index in [2.05, 4.69) is 23.3 Å². The zero-order valence-electron chi connectivity index (χ0n) is 10.9. The largest absolute Gasteiger partial charge is 0.314 e. The number of carbonyl (C=O) groups is 1. The summed E-state index contributed by atoms with van der Waals surface area (Å²) in [4.78, 5) is 16.0. The van der Waals surface area contributed by atoms with Gasteiger partial charge < -0.3 is 9.80 Å². The number of piperidine rings is 1. The first-order valence-electron chi connectivity index (χ1n) is 6.64. The summed E-state index contributed by atoms with van der Waals surface area (Å²) in [5.41, 5.74) is 0.713. The highest BCUT2D eigenvalue weighted by molar-refractivity contribution is 5.82. The van der Waals surface area contributed by atoms with Crippen molar-refractivity contribution in [2.24, 2.45) is 0 Å². The number of amides is 1. The Bertz CT molecular complexity index is 452. The second-order valence-corrected chi connectivity index (χ2v) is 5.21. The summed E-state index contributed by atoms with van der Waals surface area (Å²) in [6.45, 7) is 4.15. The second kappa shape index (κ2) is 4.94. The van der Waals surface area contributed by atoms with E-state index in [0.717, 1.165) is 31.5 Å². The highest BCUT2D eigenvalue weighted by Crippen LogP contribution is 2.31. The molecule has 4 heteroatoms. The van der Waals surface area contributed by atoms with Crippen molar-refractivity contribution in [2.75, 3.05) is 19.6 Å². The van der Waals surface area contributed by atoms with Crippen LogP contribution in [0, 0.1) is 19.7 Å². The minimum absolute atomic E-state index is 0.134. The summed E-state index contributed by atoms with van der Waals surface area (Å²) in [6.07, 6.45) is 1.82. The average Bonchev–Trinajstić information content (AvgIpc) is 2.73. The maximum Gasteiger partial charge on any atom is 0.238 e. The molecule has 0 atom stereocenters. The molecule has 3 radical (unpaired) electrons. The van der Waals surface area contributed by atoms with E-state index in [9.17, 15) is 4.79 Å². The summed E-state index contributed by atoms with van der Waals surface area (Å²) < 4.78 is 0. The summed E-state index contributed by atoms with van der Waals surface area (Å²) in [5.74, 6) is 0.134. The van der Waals surface area contributed by atoms with Gasteiger partial charge in [-0.3, -0.25) is 10.1 Å². The van der Waals surface area contributed by atoms with Crippen LogP contribution in [0.4, 0.5) is 0 Å². The molecule has 19 heavy (non-hydrogen) atoms. The van der Waals surface area contributed by atoms with Crippen molar-refractivity contribution in [1.82, 2.24) is 15.1 Å². The number of nitrogens with zero attached hydrogens (tertiary/aromatic N) is 2. The lowest BCUT2D eigenvalue weighted by atomic mass is 9.96. The van der Waals surface area contributed by atoms with Gasteiger partial charge in [0, 0.05) is 20.1 Å². The van der Waals surface area contributed by atoms with Crippen LogP contribution in [-0.2, 0) is 4.79 Å². The fraction of sp³-hybridized carbons (Fsp3) is 0.400. The van der Waals surface area contributed by atoms with Crippen molar-refractivity contribution in [3.05, 3.63) is 49.5 Å². The standard InChI is InChI=1S/C15H18N3O/c1-17-9-7-15(8-10-17)16-11-14(19)18(15)12-13-5-3-2-4-6-13/h2-5,12,16H,1,7-11H2. The zero-order valence-corrected chi connectivity index (χ0v) is 10.9. The molecule has 0 saturated carbocycles. The van der Waals surface area contributed by atoms with Crippen LogP contribution in [-0.4, -0.2) is 41.0 Å². The molecule has 1 spiro atoms. The van der Waals surface area contributed by atoms with Gasteiger partial charge in [0.15, 0.2) is 0 Å². The molecule has 2 aliphatic heterocycles. The van der Waals surface area contributed by atoms with Crippen LogP contribution >= 0.6 is 0 Å². The molecular weight excluding hydrogens is 238 g/mol. The maximum atomic E-state index is 12.1. The lowest BCUT2D eigenvalue weighted by molar-refractivity contribution is -0.129. The Morgan fingerprint density at radius 1 is 1.37 bits per heavy atom. The number of benzene rings is 1. The molecule has 2 aliphatic rings. The molecule has 3 rings (SSSR count). The van der Waals surface area contributed by atoms with E-state index < -0.39 is 0 Å². The Labute approximate surface area is 114 Å². The van der Waals surface area contributed by atoms with Gasteiger partial charge in [-0.25, -0.2) is 0 Å². The monoisotopic (exact) mass is 256 g/mol. The molecule has 0 bridgehead atoms. The fourth-order valence-electron chi connectivity index (χ4n) is 2.81. The summed E-state index contributed by atoms with van der Waals surface area (Å²) in [5, 5.41) is 3.39. The molecule has 2 saturated heterocycles. The summed E-state index contributed by atoms with van der Waals surface area (Å²) >= 11 is 0. The predicted molar refractivity (Wildman–Crippen MR) is 72.4 cm³/mol. The van der Waals surface area contributed by atoms with Crippen LogP contribution in [0.25, 0.3) is 0 Å². The lowest BCUT2D eigenvalue weighted by Gasteiger charge is -2.43. The van der Waals surface area contributed by atoms with E-state index in [4.69, 9.17) is 0 Å². The quantitative estimate of drug-likeness (QED) is 0.858. The van der Waals surface area contributed by atoms with Gasteiger partial charge in [-0.2, -0.15) is 0 Å². The minimum Gasteiger partial charge on any atom is -0.314 e. The van der Waals surface area contributed by atoms with Gasteiger partial charge in [-0.05, 0) is 24.5 Å². The van der Waals surface area contributed by atoms with E-state index in [1.54, 1.807) is 0 Å². The maximum absolute atomic E-state index is 12.1. The third-order valence-corrected chi connectivity index (χ3v) is 3.98. The summed E-state index contributed by atoms with van der Waals surface area (Å²) in [7, 11) is 3.97. The number of nitrogens with one attached hydrogen (secondary N) is 1. The van der Waals surface area contributed by atoms with Gasteiger partial charge >= 0.3 is 0 Å². The Morgan fingerprint density at radius 3 is 2.84 bits per heavy atom. The summed E-state index contributed by atoms with van der Waals surface area (Å²) in [6, 6.07) is 10.9. The fourth-order valence-corrected chi connectivity index (χ4v) is 2.81. The van der Waals surface area contributed by atoms with E-state index in [0.29, 0.717) is 6.54 Å². The molecule has 0 aromatic heterocycles. The molecule has 1 amide bonds. The molecule has 0 unspecified atom stereocenters. The van der Waals surface area contributed by atoms with Crippen LogP contribution in [0.2, 0.25) is 0 Å². The molecule has 1 aromatic rings. The minimum atomic E-state index is -0.227. The van der Waals surface area contributed by atoms with E-state index in [-0.39, 0.29) is 11.6 Å². The molecular formula is C15H18N3O. The van der Waals surface area contributed by atoms with Crippen molar-refractivity contribution in [2.45, 2.75) is 18.5 Å². The smallest absolute Gasteiger partial charge is 0.238 e. The average molecular weight is 256 g/mol. The third-order valence-electron chi connectivity index (χ3n) is 3.98. The highest BCUT2D eigenvalue weighted by Gasteiger charge is 2.46. The highest BCUT2D eigenvalue weighted by atomic mass is 16.2. The molecule has 4 nitrogen and oxygen atoms in total. The molecule has 99 valence electrons. The Hall–Kier alpha value is -1.39. The van der Waals surface area contributed by atoms with Crippen LogP contribution < -0.4 is 5.32 Å². The Balaban J connectivity index is 1.79. The normalized spacial score (nSPS) is 23.2. The van der Waals surface area contributed by atoms with E-state index in [1.807, 2.05) is 35.7 Å². The number of likely N-dealkylation sites (tertiary alicyclic amines) is 1. The lowest BCUT2D eigenvalue weighted by Crippen LogP contribution is -2.56. The van der Waals surface area contributed by atoms with Crippen molar-refractivity contribution < 1.29 is 4.79 Å². The molecule has 1 aromatic carbocycles. The Morgan fingerprint density at radius 2 is 2.16 bits per heavy atom. The first kappa shape index (κ1) is 12.6. The molecule has 0 aliphatic carbocycles. The van der Waals surface area contributed by atoms with E-state index in [1.165, 1.54) is 0 Å². The van der Waals surface area contributed by atoms with Crippen LogP contribution in [0.15, 0.2) is 24.3 Å². The van der Waals surface area contributed by atoms with Crippen LogP contribution in [0.5, 0.6) is 0 Å². The first-order chi connectivity index (χ1) is 9.20. The van der Waals surface area contributed by atoms with Gasteiger partial charge in [-0.15, -0.1) is 0 Å². The van der Waals surface area contributed by atoms with Crippen molar-refractivity contribution in [3.63, 3.8) is 0 Å². The number of carbonyl (C=O) groups excluding carboxylic acids is 1. The van der Waals surface area contributed by atoms with Crippen LogP contribution in [0.1, 0.15) is 18.4 Å². The van der Waals surface area contributed by atoms with Crippen molar-refractivity contribution >= 4 is 5.91 Å². The molecule has 2 heterocycles. The molecule has 1 N–H and O–H groups in total. The van der Waals surface area contributed by atoms with Gasteiger partial charge in [0.25, 0.3) is 0 Å². The van der Waals surface area contributed by atoms with Crippen molar-refractivity contribution in [3.8, 4) is 0 Å². The second-order valence-electron chi connectivity index (χ2n) is 5.21. The SMILES string of the molecule is [CH2]N1CCC2(CC1)NCC(=O)N2[CH]c1[c]cccc1. The Kier molecular flexibility index (Phi) is 3.29. The number of rotatable bonds is 2. The third kappa shape index (κ3) is 2.38. The van der Waals surface area contributed by atoms with Crippen LogP contribution in [0.3, 0.4) is 0 Å². The topological polar surface area (TPSA) is 35.6 Å². The van der Waals surface area contributed by atoms with E-state index >= 15 is 0 Å². The van der Waals surface area contributed by atoms with Gasteiger partial charge in [0.1, 0.15) is 0 Å². The van der Waals surface area contributed by atoms with Gasteiger partial charge in [-0.1, -0.05) is 24.3 Å².